The normalized spacial score (nSPS) is 11.8. The molecule has 0 aliphatic carbocycles. The lowest BCUT2D eigenvalue weighted by atomic mass is 10.1. The maximum absolute atomic E-state index is 12.6. The lowest BCUT2D eigenvalue weighted by molar-refractivity contribution is 0.0935. The van der Waals surface area contributed by atoms with Gasteiger partial charge in [0.2, 0.25) is 11.7 Å². The van der Waals surface area contributed by atoms with Crippen molar-refractivity contribution in [2.24, 2.45) is 0 Å². The van der Waals surface area contributed by atoms with Crippen molar-refractivity contribution < 1.29 is 14.1 Å². The van der Waals surface area contributed by atoms with Crippen LogP contribution in [0.2, 0.25) is 0 Å². The second-order valence-electron chi connectivity index (χ2n) is 5.49. The Balaban J connectivity index is 1.70. The van der Waals surface area contributed by atoms with Gasteiger partial charge in [0.15, 0.2) is 6.61 Å². The molecule has 1 unspecified atom stereocenters. The molecule has 3 rings (SSSR count). The second kappa shape index (κ2) is 7.57. The number of aryl methyl sites for hydroxylation is 1. The lowest BCUT2D eigenvalue weighted by Crippen LogP contribution is -2.27. The van der Waals surface area contributed by atoms with Gasteiger partial charge in [0.05, 0.1) is 11.6 Å². The van der Waals surface area contributed by atoms with E-state index >= 15 is 0 Å². The minimum atomic E-state index is -0.218. The van der Waals surface area contributed by atoms with Crippen molar-refractivity contribution >= 4 is 5.91 Å². The van der Waals surface area contributed by atoms with E-state index < -0.39 is 0 Å². The van der Waals surface area contributed by atoms with Gasteiger partial charge in [-0.25, -0.2) is 0 Å². The van der Waals surface area contributed by atoms with E-state index in [1.807, 2.05) is 19.1 Å². The van der Waals surface area contributed by atoms with Crippen molar-refractivity contribution in [3.05, 3.63) is 71.6 Å². The number of pyridine rings is 1. The number of rotatable bonds is 6. The van der Waals surface area contributed by atoms with Crippen molar-refractivity contribution in [1.29, 1.82) is 0 Å². The average Bonchev–Trinajstić information content (AvgIpc) is 3.06. The van der Waals surface area contributed by atoms with Crippen molar-refractivity contribution in [3.63, 3.8) is 0 Å². The van der Waals surface area contributed by atoms with E-state index in [2.05, 4.69) is 20.4 Å². The van der Waals surface area contributed by atoms with Crippen LogP contribution in [0.1, 0.15) is 40.6 Å². The number of nitrogens with zero attached hydrogens (tertiary/aromatic N) is 3. The molecular weight excluding hydrogens is 320 g/mol. The molecule has 1 amide bonds. The number of aromatic nitrogens is 3. The Kier molecular flexibility index (Phi) is 5.03. The predicted octanol–water partition coefficient (Wildman–Crippen LogP) is 2.84. The van der Waals surface area contributed by atoms with Gasteiger partial charge in [-0.1, -0.05) is 17.3 Å². The molecule has 3 aromatic rings. The number of carbonyl (C=O) groups excluding carboxylic acids is 1. The largest absolute Gasteiger partial charge is 0.485 e. The Bertz CT molecular complexity index is 848. The zero-order valence-corrected chi connectivity index (χ0v) is 14.0. The smallest absolute Gasteiger partial charge is 0.255 e. The van der Waals surface area contributed by atoms with Gasteiger partial charge in [0.1, 0.15) is 5.75 Å². The molecule has 7 nitrogen and oxygen atoms in total. The number of ether oxygens (including phenoxy) is 1. The van der Waals surface area contributed by atoms with Crippen LogP contribution in [0.3, 0.4) is 0 Å². The zero-order valence-electron chi connectivity index (χ0n) is 14.0. The quantitative estimate of drug-likeness (QED) is 0.743. The van der Waals surface area contributed by atoms with E-state index in [9.17, 15) is 4.79 Å². The van der Waals surface area contributed by atoms with Gasteiger partial charge in [-0.3, -0.25) is 9.78 Å². The van der Waals surface area contributed by atoms with Gasteiger partial charge >= 0.3 is 0 Å². The molecule has 0 bridgehead atoms. The Labute approximate surface area is 145 Å². The minimum Gasteiger partial charge on any atom is -0.485 e. The van der Waals surface area contributed by atoms with Crippen molar-refractivity contribution in [2.75, 3.05) is 0 Å². The summed E-state index contributed by atoms with van der Waals surface area (Å²) >= 11 is 0. The van der Waals surface area contributed by atoms with Crippen LogP contribution in [0, 0.1) is 6.92 Å². The van der Waals surface area contributed by atoms with E-state index in [0.717, 1.165) is 5.56 Å². The molecule has 0 fully saturated rings. The fourth-order valence-corrected chi connectivity index (χ4v) is 2.33. The number of benzene rings is 1. The van der Waals surface area contributed by atoms with Crippen molar-refractivity contribution in [1.82, 2.24) is 20.4 Å². The first-order valence-corrected chi connectivity index (χ1v) is 7.85. The molecule has 2 aromatic heterocycles. The number of amides is 1. The van der Waals surface area contributed by atoms with E-state index in [0.29, 0.717) is 23.0 Å². The van der Waals surface area contributed by atoms with E-state index in [-0.39, 0.29) is 18.6 Å². The number of carbonyl (C=O) groups is 1. The van der Waals surface area contributed by atoms with Gasteiger partial charge < -0.3 is 14.6 Å². The summed E-state index contributed by atoms with van der Waals surface area (Å²) < 4.78 is 10.6. The van der Waals surface area contributed by atoms with Gasteiger partial charge in [0.25, 0.3) is 5.91 Å². The summed E-state index contributed by atoms with van der Waals surface area (Å²) in [4.78, 5) is 20.7. The summed E-state index contributed by atoms with van der Waals surface area (Å²) in [5.41, 5.74) is 1.42. The molecule has 1 aromatic carbocycles. The summed E-state index contributed by atoms with van der Waals surface area (Å²) in [6.07, 6.45) is 3.39. The summed E-state index contributed by atoms with van der Waals surface area (Å²) in [6, 6.07) is 10.6. The Hall–Kier alpha value is -3.22. The van der Waals surface area contributed by atoms with Crippen LogP contribution in [-0.4, -0.2) is 21.0 Å². The van der Waals surface area contributed by atoms with Crippen LogP contribution < -0.4 is 10.1 Å². The molecule has 1 atom stereocenters. The summed E-state index contributed by atoms with van der Waals surface area (Å²) in [5, 5.41) is 6.73. The van der Waals surface area contributed by atoms with Crippen molar-refractivity contribution in [2.45, 2.75) is 26.5 Å². The van der Waals surface area contributed by atoms with E-state index in [1.165, 1.54) is 0 Å². The molecule has 0 aliphatic rings. The van der Waals surface area contributed by atoms with Crippen LogP contribution in [0.5, 0.6) is 5.75 Å². The highest BCUT2D eigenvalue weighted by Crippen LogP contribution is 2.20. The van der Waals surface area contributed by atoms with Gasteiger partial charge in [-0.15, -0.1) is 0 Å². The van der Waals surface area contributed by atoms with Crippen LogP contribution in [0.4, 0.5) is 0 Å². The Morgan fingerprint density at radius 2 is 2.00 bits per heavy atom. The molecule has 0 radical (unpaired) electrons. The average molecular weight is 338 g/mol. The third-order valence-corrected chi connectivity index (χ3v) is 3.61. The number of hydrogen-bond donors (Lipinski definition) is 1. The number of nitrogens with one attached hydrogen (secondary N) is 1. The first-order chi connectivity index (χ1) is 12.1. The molecule has 0 saturated heterocycles. The maximum atomic E-state index is 12.6. The highest BCUT2D eigenvalue weighted by molar-refractivity contribution is 5.97. The van der Waals surface area contributed by atoms with Crippen LogP contribution >= 0.6 is 0 Å². The maximum Gasteiger partial charge on any atom is 0.255 e. The third kappa shape index (κ3) is 4.20. The minimum absolute atomic E-state index is 0.127. The Morgan fingerprint density at radius 3 is 2.72 bits per heavy atom. The molecule has 1 N–H and O–H groups in total. The van der Waals surface area contributed by atoms with Crippen molar-refractivity contribution in [3.8, 4) is 5.75 Å². The topological polar surface area (TPSA) is 90.1 Å². The lowest BCUT2D eigenvalue weighted by Gasteiger charge is -2.16. The monoisotopic (exact) mass is 338 g/mol. The number of hydrogen-bond acceptors (Lipinski definition) is 6. The fourth-order valence-electron chi connectivity index (χ4n) is 2.33. The van der Waals surface area contributed by atoms with E-state index in [4.69, 9.17) is 9.26 Å². The summed E-state index contributed by atoms with van der Waals surface area (Å²) in [6.45, 7) is 3.75. The third-order valence-electron chi connectivity index (χ3n) is 3.61. The first-order valence-electron chi connectivity index (χ1n) is 7.85. The van der Waals surface area contributed by atoms with Crippen LogP contribution in [0.25, 0.3) is 0 Å². The molecule has 0 saturated carbocycles. The molecule has 25 heavy (non-hydrogen) atoms. The van der Waals surface area contributed by atoms with E-state index in [1.54, 1.807) is 43.6 Å². The number of para-hydroxylation sites is 1. The zero-order chi connectivity index (χ0) is 17.6. The molecule has 128 valence electrons. The fraction of sp³-hybridized carbons (Fsp3) is 0.222. The standard InChI is InChI=1S/C18H18N4O3/c1-12(14-7-9-19-10-8-14)20-18(23)15-5-3-4-6-16(15)24-11-17-21-13(2)25-22-17/h3-10,12H,11H2,1-2H3,(H,20,23). The Morgan fingerprint density at radius 1 is 1.24 bits per heavy atom. The SMILES string of the molecule is Cc1nc(COc2ccccc2C(=O)NC(C)c2ccncc2)no1. The first kappa shape index (κ1) is 16.6. The van der Waals surface area contributed by atoms with Crippen LogP contribution in [0.15, 0.2) is 53.3 Å². The predicted molar refractivity (Wildman–Crippen MR) is 89.9 cm³/mol. The molecular formula is C18H18N4O3. The second-order valence-corrected chi connectivity index (χ2v) is 5.49. The molecule has 0 spiro atoms. The van der Waals surface area contributed by atoms with Crippen LogP contribution in [-0.2, 0) is 6.61 Å². The molecule has 0 aliphatic heterocycles. The molecule has 2 heterocycles. The molecule has 7 heteroatoms. The van der Waals surface area contributed by atoms with Gasteiger partial charge in [-0.2, -0.15) is 4.98 Å². The van der Waals surface area contributed by atoms with Gasteiger partial charge in [-0.05, 0) is 36.8 Å². The summed E-state index contributed by atoms with van der Waals surface area (Å²) in [7, 11) is 0. The summed E-state index contributed by atoms with van der Waals surface area (Å²) in [5.74, 6) is 1.14. The highest BCUT2D eigenvalue weighted by atomic mass is 16.5. The highest BCUT2D eigenvalue weighted by Gasteiger charge is 2.16. The van der Waals surface area contributed by atoms with Gasteiger partial charge in [0, 0.05) is 19.3 Å².